The normalized spacial score (nSPS) is 10.4. The van der Waals surface area contributed by atoms with Crippen LogP contribution in [0.2, 0.25) is 0 Å². The zero-order chi connectivity index (χ0) is 20.9. The van der Waals surface area contributed by atoms with Gasteiger partial charge in [0.1, 0.15) is 18.2 Å². The maximum absolute atomic E-state index is 9.93. The number of ether oxygens (including phenoxy) is 1. The quantitative estimate of drug-likeness (QED) is 0.462. The minimum Gasteiger partial charge on any atom is -0.472 e. The first-order chi connectivity index (χ1) is 14.7. The molecule has 0 radical (unpaired) electrons. The molecule has 30 heavy (non-hydrogen) atoms. The van der Waals surface area contributed by atoms with Crippen LogP contribution in [0.25, 0.3) is 22.5 Å². The number of nitrogens with zero attached hydrogens (tertiary/aromatic N) is 4. The molecule has 0 spiro atoms. The lowest BCUT2D eigenvalue weighted by molar-refractivity contribution is 0.293. The summed E-state index contributed by atoms with van der Waals surface area (Å²) in [4.78, 5) is 13.3. The molecule has 4 aromatic rings. The Morgan fingerprint density at radius 1 is 1.00 bits per heavy atom. The summed E-state index contributed by atoms with van der Waals surface area (Å²) in [5.74, 6) is 0.291. The first-order valence-corrected chi connectivity index (χ1v) is 9.61. The second kappa shape index (κ2) is 8.54. The summed E-state index contributed by atoms with van der Waals surface area (Å²) < 4.78 is 6.00. The van der Waals surface area contributed by atoms with Crippen LogP contribution in [0.4, 0.5) is 0 Å². The highest BCUT2D eigenvalue weighted by molar-refractivity contribution is 5.77. The van der Waals surface area contributed by atoms with Gasteiger partial charge in [0.2, 0.25) is 5.88 Å². The predicted molar refractivity (Wildman–Crippen MR) is 116 cm³/mol. The summed E-state index contributed by atoms with van der Waals surface area (Å²) >= 11 is 0. The fraction of sp³-hybridized carbons (Fsp3) is 0.120. The first kappa shape index (κ1) is 19.3. The Morgan fingerprint density at radius 2 is 1.80 bits per heavy atom. The van der Waals surface area contributed by atoms with Crippen LogP contribution in [0.5, 0.6) is 5.88 Å². The number of aryl methyl sites for hydroxylation is 2. The van der Waals surface area contributed by atoms with Crippen LogP contribution < -0.4 is 4.74 Å². The molecule has 5 heteroatoms. The van der Waals surface area contributed by atoms with E-state index in [4.69, 9.17) is 4.74 Å². The molecule has 146 valence electrons. The van der Waals surface area contributed by atoms with Crippen LogP contribution in [0, 0.1) is 25.2 Å². The second-order valence-corrected chi connectivity index (χ2v) is 7.03. The molecule has 1 aromatic carbocycles. The van der Waals surface area contributed by atoms with Crippen LogP contribution in [-0.4, -0.2) is 15.0 Å². The van der Waals surface area contributed by atoms with Crippen molar-refractivity contribution in [3.63, 3.8) is 0 Å². The predicted octanol–water partition coefficient (Wildman–Crippen LogP) is 5.27. The molecule has 0 unspecified atom stereocenters. The minimum atomic E-state index is 0.271. The molecular formula is C25H20N4O. The fourth-order valence-electron chi connectivity index (χ4n) is 3.21. The molecule has 5 nitrogen and oxygen atoms in total. The fourth-order valence-corrected chi connectivity index (χ4v) is 3.21. The average Bonchev–Trinajstić information content (AvgIpc) is 2.78. The summed E-state index contributed by atoms with van der Waals surface area (Å²) in [7, 11) is 0. The van der Waals surface area contributed by atoms with Crippen molar-refractivity contribution in [2.75, 3.05) is 0 Å². The van der Waals surface area contributed by atoms with Gasteiger partial charge in [-0.1, -0.05) is 42.0 Å². The van der Waals surface area contributed by atoms with Crippen molar-refractivity contribution in [1.29, 1.82) is 5.26 Å². The van der Waals surface area contributed by atoms with Gasteiger partial charge in [0, 0.05) is 29.7 Å². The number of hydrogen-bond donors (Lipinski definition) is 0. The Morgan fingerprint density at radius 3 is 2.50 bits per heavy atom. The number of pyridine rings is 3. The highest BCUT2D eigenvalue weighted by atomic mass is 16.5. The van der Waals surface area contributed by atoms with Crippen molar-refractivity contribution in [2.45, 2.75) is 20.5 Å². The van der Waals surface area contributed by atoms with E-state index in [0.717, 1.165) is 33.5 Å². The Kier molecular flexibility index (Phi) is 5.49. The smallest absolute Gasteiger partial charge is 0.233 e. The van der Waals surface area contributed by atoms with Crippen LogP contribution in [0.1, 0.15) is 22.3 Å². The minimum absolute atomic E-state index is 0.271. The molecule has 0 fully saturated rings. The van der Waals surface area contributed by atoms with Crippen molar-refractivity contribution < 1.29 is 4.74 Å². The Bertz CT molecular complexity index is 1210. The van der Waals surface area contributed by atoms with E-state index in [1.807, 2.05) is 68.4 Å². The van der Waals surface area contributed by atoms with E-state index in [0.29, 0.717) is 17.1 Å². The highest BCUT2D eigenvalue weighted by Crippen LogP contribution is 2.34. The molecule has 0 aliphatic carbocycles. The zero-order valence-corrected chi connectivity index (χ0v) is 16.8. The molecule has 0 atom stereocenters. The topological polar surface area (TPSA) is 71.7 Å². The van der Waals surface area contributed by atoms with Gasteiger partial charge < -0.3 is 4.74 Å². The van der Waals surface area contributed by atoms with Gasteiger partial charge in [-0.25, -0.2) is 4.98 Å². The van der Waals surface area contributed by atoms with E-state index in [1.165, 1.54) is 0 Å². The van der Waals surface area contributed by atoms with Crippen LogP contribution >= 0.6 is 0 Å². The lowest BCUT2D eigenvalue weighted by Gasteiger charge is -2.14. The van der Waals surface area contributed by atoms with Gasteiger partial charge in [-0.05, 0) is 43.2 Å². The maximum Gasteiger partial charge on any atom is 0.233 e. The number of benzene rings is 1. The van der Waals surface area contributed by atoms with Crippen LogP contribution in [0.15, 0.2) is 73.2 Å². The van der Waals surface area contributed by atoms with Gasteiger partial charge in [-0.15, -0.1) is 0 Å². The van der Waals surface area contributed by atoms with E-state index in [9.17, 15) is 5.26 Å². The van der Waals surface area contributed by atoms with E-state index in [2.05, 4.69) is 21.0 Å². The van der Waals surface area contributed by atoms with Gasteiger partial charge in [-0.3, -0.25) is 9.97 Å². The monoisotopic (exact) mass is 392 g/mol. The first-order valence-electron chi connectivity index (χ1n) is 9.61. The largest absolute Gasteiger partial charge is 0.472 e. The average molecular weight is 392 g/mol. The maximum atomic E-state index is 9.93. The molecule has 3 aromatic heterocycles. The van der Waals surface area contributed by atoms with E-state index < -0.39 is 0 Å². The Balaban J connectivity index is 1.85. The molecule has 0 saturated heterocycles. The third kappa shape index (κ3) is 4.03. The third-order valence-electron chi connectivity index (χ3n) is 4.81. The number of rotatable bonds is 5. The molecule has 0 saturated carbocycles. The van der Waals surface area contributed by atoms with Gasteiger partial charge in [-0.2, -0.15) is 5.26 Å². The van der Waals surface area contributed by atoms with Crippen molar-refractivity contribution in [3.05, 3.63) is 95.4 Å². The third-order valence-corrected chi connectivity index (χ3v) is 4.81. The number of hydrogen-bond acceptors (Lipinski definition) is 5. The van der Waals surface area contributed by atoms with E-state index in [1.54, 1.807) is 18.6 Å². The zero-order valence-electron chi connectivity index (χ0n) is 16.8. The van der Waals surface area contributed by atoms with Crippen molar-refractivity contribution in [1.82, 2.24) is 15.0 Å². The molecule has 0 aliphatic heterocycles. The SMILES string of the molecule is Cc1ccc(-c2cc(-c3ncccc3C)nc(OCc3cccnc3)c2C#N)cc1. The van der Waals surface area contributed by atoms with Crippen molar-refractivity contribution >= 4 is 0 Å². The summed E-state index contributed by atoms with van der Waals surface area (Å²) in [6, 6.07) is 19.9. The summed E-state index contributed by atoms with van der Waals surface area (Å²) in [5, 5.41) is 9.93. The van der Waals surface area contributed by atoms with Gasteiger partial charge in [0.15, 0.2) is 0 Å². The standard InChI is InChI=1S/C25H20N4O/c1-17-7-9-20(10-8-17)21-13-23(24-18(2)5-3-12-28-24)29-25(22(21)14-26)30-16-19-6-4-11-27-15-19/h3-13,15H,16H2,1-2H3. The molecule has 4 rings (SSSR count). The van der Waals surface area contributed by atoms with Crippen LogP contribution in [-0.2, 0) is 6.61 Å². The highest BCUT2D eigenvalue weighted by Gasteiger charge is 2.18. The van der Waals surface area contributed by atoms with Crippen LogP contribution in [0.3, 0.4) is 0 Å². The number of aromatic nitrogens is 3. The summed E-state index contributed by atoms with van der Waals surface area (Å²) in [5.41, 5.74) is 6.60. The van der Waals surface area contributed by atoms with Crippen molar-refractivity contribution in [3.8, 4) is 34.5 Å². The van der Waals surface area contributed by atoms with Gasteiger partial charge in [0.05, 0.1) is 11.4 Å². The Hall–Kier alpha value is -4.04. The molecule has 3 heterocycles. The molecule has 0 N–H and O–H groups in total. The lowest BCUT2D eigenvalue weighted by Crippen LogP contribution is -2.03. The second-order valence-electron chi connectivity index (χ2n) is 7.03. The lowest BCUT2D eigenvalue weighted by atomic mass is 9.98. The van der Waals surface area contributed by atoms with Gasteiger partial charge in [0.25, 0.3) is 0 Å². The molecule has 0 bridgehead atoms. The summed E-state index contributed by atoms with van der Waals surface area (Å²) in [6.07, 6.45) is 5.19. The van der Waals surface area contributed by atoms with E-state index >= 15 is 0 Å². The molecular weight excluding hydrogens is 372 g/mol. The summed E-state index contributed by atoms with van der Waals surface area (Å²) in [6.45, 7) is 4.30. The van der Waals surface area contributed by atoms with Gasteiger partial charge >= 0.3 is 0 Å². The van der Waals surface area contributed by atoms with E-state index in [-0.39, 0.29) is 6.61 Å². The van der Waals surface area contributed by atoms with Crippen molar-refractivity contribution in [2.24, 2.45) is 0 Å². The molecule has 0 amide bonds. The number of nitriles is 1. The Labute approximate surface area is 175 Å². The molecule has 0 aliphatic rings.